The lowest BCUT2D eigenvalue weighted by Crippen LogP contribution is -2.55. The molecule has 3 aliphatic rings. The predicted molar refractivity (Wildman–Crippen MR) is 140 cm³/mol. The number of hydrogen-bond donors (Lipinski definition) is 0. The van der Waals surface area contributed by atoms with Gasteiger partial charge in [-0.2, -0.15) is 0 Å². The number of carbonyl (C=O) groups is 2. The lowest BCUT2D eigenvalue weighted by Gasteiger charge is -2.43. The van der Waals surface area contributed by atoms with Gasteiger partial charge in [0, 0.05) is 12.1 Å². The molecule has 1 spiro atoms. The Morgan fingerprint density at radius 3 is 2.58 bits per heavy atom. The fourth-order valence-corrected chi connectivity index (χ4v) is 5.94. The van der Waals surface area contributed by atoms with Gasteiger partial charge in [-0.3, -0.25) is 14.5 Å². The SMILES string of the molecule is [C-]#[N+]c1ncc(N2C(=O)C3(CCC3)N(c3ccc(F)c(C(=O)CCCN4CCCC4)c3)C2=S)cc1C. The summed E-state index contributed by atoms with van der Waals surface area (Å²) in [5, 5.41) is 0.274. The molecule has 5 rings (SSSR count). The molecule has 3 heterocycles. The van der Waals surface area contributed by atoms with Crippen molar-refractivity contribution in [3.63, 3.8) is 0 Å². The first-order valence-corrected chi connectivity index (χ1v) is 12.8. The Morgan fingerprint density at radius 1 is 1.19 bits per heavy atom. The molecular weight excluding hydrogens is 477 g/mol. The summed E-state index contributed by atoms with van der Waals surface area (Å²) in [5.41, 5.74) is 0.891. The van der Waals surface area contributed by atoms with Crippen molar-refractivity contribution in [2.45, 2.75) is 57.4 Å². The van der Waals surface area contributed by atoms with Crippen molar-refractivity contribution < 1.29 is 14.0 Å². The van der Waals surface area contributed by atoms with Crippen molar-refractivity contribution in [1.29, 1.82) is 0 Å². The van der Waals surface area contributed by atoms with Crippen LogP contribution in [0.5, 0.6) is 0 Å². The first-order valence-electron chi connectivity index (χ1n) is 12.4. The molecule has 0 unspecified atom stereocenters. The van der Waals surface area contributed by atoms with E-state index in [1.165, 1.54) is 30.0 Å². The number of carbonyl (C=O) groups excluding carboxylic acids is 2. The minimum atomic E-state index is -0.850. The summed E-state index contributed by atoms with van der Waals surface area (Å²) in [6.45, 7) is 12.0. The molecule has 186 valence electrons. The minimum absolute atomic E-state index is 0.0380. The predicted octanol–water partition coefficient (Wildman–Crippen LogP) is 5.20. The maximum atomic E-state index is 14.8. The Bertz CT molecular complexity index is 1280. The fraction of sp³-hybridized carbons (Fsp3) is 0.444. The number of anilines is 2. The van der Waals surface area contributed by atoms with E-state index in [1.54, 1.807) is 30.0 Å². The summed E-state index contributed by atoms with van der Waals surface area (Å²) in [7, 11) is 0. The van der Waals surface area contributed by atoms with E-state index in [9.17, 15) is 14.0 Å². The van der Waals surface area contributed by atoms with Crippen LogP contribution in [-0.2, 0) is 4.79 Å². The molecule has 2 aliphatic heterocycles. The molecule has 0 atom stereocenters. The van der Waals surface area contributed by atoms with Gasteiger partial charge < -0.3 is 14.6 Å². The highest BCUT2D eigenvalue weighted by Crippen LogP contribution is 2.48. The summed E-state index contributed by atoms with van der Waals surface area (Å²) < 4.78 is 14.8. The number of aryl methyl sites for hydroxylation is 1. The fourth-order valence-electron chi connectivity index (χ4n) is 5.47. The Morgan fingerprint density at radius 2 is 1.94 bits per heavy atom. The smallest absolute Gasteiger partial charge is 0.272 e. The average molecular weight is 506 g/mol. The standard InChI is InChI=1S/C27H28FN5O2S/c1-18-15-20(17-30-24(18)29-2)32-25(35)27(10-6-11-27)33(26(32)36)19-8-9-22(28)21(16-19)23(34)7-5-14-31-12-3-4-13-31/h8-9,15-17H,3-7,10-14H2,1H3. The largest absolute Gasteiger partial charge is 0.360 e. The summed E-state index contributed by atoms with van der Waals surface area (Å²) in [5.74, 6) is -0.675. The lowest BCUT2D eigenvalue weighted by atomic mass is 9.75. The third-order valence-corrected chi connectivity index (χ3v) is 7.94. The number of aromatic nitrogens is 1. The number of ketones is 1. The van der Waals surface area contributed by atoms with Crippen LogP contribution in [0.2, 0.25) is 0 Å². The minimum Gasteiger partial charge on any atom is -0.360 e. The number of rotatable bonds is 7. The second kappa shape index (κ2) is 9.68. The number of Topliss-reactive ketones (excluding diaryl/α,β-unsaturated/α-hetero) is 1. The van der Waals surface area contributed by atoms with E-state index in [0.29, 0.717) is 36.2 Å². The maximum absolute atomic E-state index is 14.8. The van der Waals surface area contributed by atoms with Crippen molar-refractivity contribution in [2.75, 3.05) is 29.4 Å². The van der Waals surface area contributed by atoms with E-state index in [4.69, 9.17) is 18.8 Å². The van der Waals surface area contributed by atoms with Crippen molar-refractivity contribution >= 4 is 46.2 Å². The topological polar surface area (TPSA) is 61.1 Å². The van der Waals surface area contributed by atoms with Crippen molar-refractivity contribution in [3.05, 3.63) is 58.8 Å². The number of nitrogens with zero attached hydrogens (tertiary/aromatic N) is 5. The first kappa shape index (κ1) is 24.5. The van der Waals surface area contributed by atoms with Gasteiger partial charge in [-0.25, -0.2) is 4.39 Å². The molecule has 1 aromatic heterocycles. The van der Waals surface area contributed by atoms with E-state index < -0.39 is 11.4 Å². The van der Waals surface area contributed by atoms with Crippen LogP contribution >= 0.6 is 12.2 Å². The number of likely N-dealkylation sites (tertiary alicyclic amines) is 1. The van der Waals surface area contributed by atoms with E-state index in [-0.39, 0.29) is 34.6 Å². The Balaban J connectivity index is 1.42. The zero-order chi connectivity index (χ0) is 25.4. The van der Waals surface area contributed by atoms with E-state index in [1.807, 2.05) is 0 Å². The number of halogens is 1. The monoisotopic (exact) mass is 505 g/mol. The van der Waals surface area contributed by atoms with Crippen LogP contribution in [0.3, 0.4) is 0 Å². The molecule has 36 heavy (non-hydrogen) atoms. The summed E-state index contributed by atoms with van der Waals surface area (Å²) >= 11 is 5.79. The summed E-state index contributed by atoms with van der Waals surface area (Å²) in [6, 6.07) is 6.16. The highest BCUT2D eigenvalue weighted by atomic mass is 32.1. The maximum Gasteiger partial charge on any atom is 0.272 e. The molecule has 0 bridgehead atoms. The molecule has 1 aromatic carbocycles. The quantitative estimate of drug-likeness (QED) is 0.293. The van der Waals surface area contributed by atoms with Crippen LogP contribution in [0, 0.1) is 19.3 Å². The molecule has 7 nitrogen and oxygen atoms in total. The first-order chi connectivity index (χ1) is 17.4. The normalized spacial score (nSPS) is 19.1. The number of amides is 1. The van der Waals surface area contributed by atoms with Gasteiger partial charge in [-0.1, -0.05) is 6.57 Å². The second-order valence-corrected chi connectivity index (χ2v) is 10.2. The van der Waals surface area contributed by atoms with E-state index >= 15 is 0 Å². The molecule has 9 heteroatoms. The highest BCUT2D eigenvalue weighted by Gasteiger charge is 2.59. The van der Waals surface area contributed by atoms with Gasteiger partial charge in [0.2, 0.25) is 0 Å². The van der Waals surface area contributed by atoms with E-state index in [0.717, 1.165) is 26.1 Å². The lowest BCUT2D eigenvalue weighted by molar-refractivity contribution is -0.123. The zero-order valence-electron chi connectivity index (χ0n) is 20.3. The van der Waals surface area contributed by atoms with Crippen LogP contribution in [0.25, 0.3) is 4.85 Å². The molecule has 3 fully saturated rings. The van der Waals surface area contributed by atoms with Crippen molar-refractivity contribution in [3.8, 4) is 0 Å². The summed E-state index contributed by atoms with van der Waals surface area (Å²) in [6.07, 6.45) is 6.94. The van der Waals surface area contributed by atoms with Gasteiger partial charge in [0.15, 0.2) is 10.9 Å². The Kier molecular flexibility index (Phi) is 6.58. The number of benzene rings is 1. The number of thiocarbonyl (C=S) groups is 1. The number of pyridine rings is 1. The molecule has 2 saturated heterocycles. The molecule has 1 aliphatic carbocycles. The van der Waals surface area contributed by atoms with Gasteiger partial charge >= 0.3 is 0 Å². The van der Waals surface area contributed by atoms with Crippen LogP contribution in [0.1, 0.15) is 60.9 Å². The van der Waals surface area contributed by atoms with Gasteiger partial charge in [0.25, 0.3) is 11.7 Å². The van der Waals surface area contributed by atoms with Gasteiger partial charge in [0.05, 0.1) is 11.3 Å². The van der Waals surface area contributed by atoms with Crippen molar-refractivity contribution in [2.24, 2.45) is 0 Å². The average Bonchev–Trinajstić information content (AvgIpc) is 3.43. The molecule has 0 N–H and O–H groups in total. The van der Waals surface area contributed by atoms with Gasteiger partial charge in [-0.15, -0.1) is 4.98 Å². The Hall–Kier alpha value is -3.22. The van der Waals surface area contributed by atoms with Crippen LogP contribution in [0.15, 0.2) is 30.5 Å². The second-order valence-electron chi connectivity index (χ2n) is 9.83. The molecule has 0 radical (unpaired) electrons. The zero-order valence-corrected chi connectivity index (χ0v) is 21.1. The molecule has 1 amide bonds. The van der Waals surface area contributed by atoms with Gasteiger partial charge in [0.1, 0.15) is 17.6 Å². The van der Waals surface area contributed by atoms with Gasteiger partial charge in [-0.05, 0) is 107 Å². The van der Waals surface area contributed by atoms with Crippen LogP contribution in [-0.4, -0.2) is 51.9 Å². The molecule has 1 saturated carbocycles. The molecular formula is C27H28FN5O2S. The number of hydrogen-bond acceptors (Lipinski definition) is 5. The van der Waals surface area contributed by atoms with E-state index in [2.05, 4.69) is 14.7 Å². The van der Waals surface area contributed by atoms with Crippen molar-refractivity contribution in [1.82, 2.24) is 9.88 Å². The third kappa shape index (κ3) is 4.08. The van der Waals surface area contributed by atoms with Crippen LogP contribution in [0.4, 0.5) is 21.6 Å². The summed E-state index contributed by atoms with van der Waals surface area (Å²) in [4.78, 5) is 39.8. The molecule has 2 aromatic rings. The highest BCUT2D eigenvalue weighted by molar-refractivity contribution is 7.81. The Labute approximate surface area is 215 Å². The van der Waals surface area contributed by atoms with Crippen LogP contribution < -0.4 is 9.80 Å². The third-order valence-electron chi connectivity index (χ3n) is 7.58.